The number of aryl methyl sites for hydroxylation is 2. The average molecular weight is 497 g/mol. The summed E-state index contributed by atoms with van der Waals surface area (Å²) in [5.74, 6) is -0.478. The van der Waals surface area contributed by atoms with E-state index in [2.05, 4.69) is 24.8 Å². The van der Waals surface area contributed by atoms with Crippen molar-refractivity contribution in [2.45, 2.75) is 27.7 Å². The number of hydrogen-bond donors (Lipinski definition) is 0. The summed E-state index contributed by atoms with van der Waals surface area (Å²) in [4.78, 5) is 32.9. The van der Waals surface area contributed by atoms with E-state index in [0.29, 0.717) is 18.2 Å². The van der Waals surface area contributed by atoms with E-state index in [0.717, 1.165) is 34.4 Å². The van der Waals surface area contributed by atoms with Gasteiger partial charge >= 0.3 is 0 Å². The Labute approximate surface area is 202 Å². The maximum absolute atomic E-state index is 13.5. The molecule has 3 rings (SSSR count). The van der Waals surface area contributed by atoms with Crippen molar-refractivity contribution in [2.75, 3.05) is 31.1 Å². The Hall–Kier alpha value is -2.26. The van der Waals surface area contributed by atoms with E-state index < -0.39 is 10.8 Å². The fourth-order valence-electron chi connectivity index (χ4n) is 3.33. The number of hydrogen-bond acceptors (Lipinski definition) is 6. The van der Waals surface area contributed by atoms with Gasteiger partial charge in [0.1, 0.15) is 5.56 Å². The van der Waals surface area contributed by atoms with Crippen LogP contribution < -0.4 is 4.90 Å². The number of benzene rings is 2. The van der Waals surface area contributed by atoms with E-state index in [9.17, 15) is 14.9 Å². The molecule has 10 heteroatoms. The monoisotopic (exact) mass is 496 g/mol. The zero-order chi connectivity index (χ0) is 22.7. The van der Waals surface area contributed by atoms with Gasteiger partial charge in [0.15, 0.2) is 5.13 Å². The van der Waals surface area contributed by atoms with Crippen LogP contribution in [0.15, 0.2) is 30.3 Å². The number of likely N-dealkylation sites (N-methyl/N-ethyl adjacent to an activating group) is 1. The number of anilines is 1. The fraction of sp³-hybridized carbons (Fsp3) is 0.364. The number of nitro benzene ring substituents is 1. The van der Waals surface area contributed by atoms with Crippen molar-refractivity contribution in [3.63, 3.8) is 0 Å². The Bertz CT molecular complexity index is 1090. The van der Waals surface area contributed by atoms with Crippen LogP contribution in [0.1, 0.15) is 35.3 Å². The molecule has 0 radical (unpaired) electrons. The Morgan fingerprint density at radius 1 is 1.12 bits per heavy atom. The van der Waals surface area contributed by atoms with Gasteiger partial charge in [0, 0.05) is 24.2 Å². The molecule has 0 atom stereocenters. The Kier molecular flexibility index (Phi) is 8.98. The summed E-state index contributed by atoms with van der Waals surface area (Å²) in [5, 5.41) is 12.3. The molecular formula is C22H26Cl2N4O3S. The lowest BCUT2D eigenvalue weighted by molar-refractivity contribution is -0.385. The number of carbonyl (C=O) groups excluding carboxylic acids is 1. The molecule has 1 aromatic heterocycles. The van der Waals surface area contributed by atoms with Gasteiger partial charge in [0.2, 0.25) is 0 Å². The van der Waals surface area contributed by atoms with Gasteiger partial charge in [-0.05, 0) is 62.3 Å². The molecule has 172 valence electrons. The molecule has 0 aliphatic carbocycles. The van der Waals surface area contributed by atoms with E-state index in [1.165, 1.54) is 34.4 Å². The molecule has 0 aliphatic rings. The molecule has 0 aliphatic heterocycles. The molecule has 0 fully saturated rings. The fourth-order valence-corrected chi connectivity index (χ4v) is 4.57. The Morgan fingerprint density at radius 3 is 2.41 bits per heavy atom. The highest BCUT2D eigenvalue weighted by molar-refractivity contribution is 7.22. The van der Waals surface area contributed by atoms with E-state index in [4.69, 9.17) is 16.6 Å². The Morgan fingerprint density at radius 2 is 1.78 bits per heavy atom. The summed E-state index contributed by atoms with van der Waals surface area (Å²) in [5.41, 5.74) is 2.77. The summed E-state index contributed by atoms with van der Waals surface area (Å²) >= 11 is 7.48. The minimum atomic E-state index is -0.558. The molecule has 0 bridgehead atoms. The highest BCUT2D eigenvalue weighted by atomic mass is 35.5. The molecule has 0 spiro atoms. The molecule has 3 aromatic rings. The summed E-state index contributed by atoms with van der Waals surface area (Å²) in [6.45, 7) is 10.8. The number of halogens is 2. The van der Waals surface area contributed by atoms with E-state index in [-0.39, 0.29) is 28.7 Å². The predicted octanol–water partition coefficient (Wildman–Crippen LogP) is 5.89. The number of carbonyl (C=O) groups is 1. The first-order valence-electron chi connectivity index (χ1n) is 10.1. The van der Waals surface area contributed by atoms with Crippen LogP contribution in [0.2, 0.25) is 5.02 Å². The van der Waals surface area contributed by atoms with Crippen molar-refractivity contribution in [3.05, 3.63) is 62.2 Å². The molecule has 1 amide bonds. The zero-order valence-electron chi connectivity index (χ0n) is 18.4. The van der Waals surface area contributed by atoms with Crippen molar-refractivity contribution in [2.24, 2.45) is 0 Å². The van der Waals surface area contributed by atoms with Crippen LogP contribution in [-0.2, 0) is 0 Å². The largest absolute Gasteiger partial charge is 0.302 e. The maximum Gasteiger partial charge on any atom is 0.282 e. The molecular weight excluding hydrogens is 471 g/mol. The molecule has 0 saturated carbocycles. The minimum Gasteiger partial charge on any atom is -0.302 e. The van der Waals surface area contributed by atoms with Crippen molar-refractivity contribution >= 4 is 62.3 Å². The van der Waals surface area contributed by atoms with Crippen LogP contribution in [0.4, 0.5) is 10.8 Å². The van der Waals surface area contributed by atoms with Gasteiger partial charge in [-0.1, -0.05) is 36.8 Å². The first-order chi connectivity index (χ1) is 14.7. The molecule has 0 N–H and O–H groups in total. The number of nitro groups is 1. The van der Waals surface area contributed by atoms with Crippen molar-refractivity contribution in [1.82, 2.24) is 9.88 Å². The number of amides is 1. The molecule has 7 nitrogen and oxygen atoms in total. The Balaban J connectivity index is 0.00000363. The van der Waals surface area contributed by atoms with Crippen molar-refractivity contribution in [3.8, 4) is 0 Å². The highest BCUT2D eigenvalue weighted by Gasteiger charge is 2.28. The standard InChI is InChI=1S/C22H25ClN4O3S.ClH/c1-5-25(6-2)9-10-26(21(28)17-13-16(23)7-8-19(17)27(29)30)22-24-18-11-14(3)15(4)12-20(18)31-22;/h7-8,11-13H,5-6,9-10H2,1-4H3;1H. The normalized spacial score (nSPS) is 10.9. The number of rotatable bonds is 8. The molecule has 0 unspecified atom stereocenters. The lowest BCUT2D eigenvalue weighted by atomic mass is 10.1. The second kappa shape index (κ2) is 11.0. The van der Waals surface area contributed by atoms with Crippen LogP contribution >= 0.6 is 35.3 Å². The van der Waals surface area contributed by atoms with Crippen LogP contribution in [0, 0.1) is 24.0 Å². The van der Waals surface area contributed by atoms with Gasteiger partial charge in [0.25, 0.3) is 11.6 Å². The maximum atomic E-state index is 13.5. The van der Waals surface area contributed by atoms with Crippen LogP contribution in [-0.4, -0.2) is 46.9 Å². The van der Waals surface area contributed by atoms with Crippen molar-refractivity contribution in [1.29, 1.82) is 0 Å². The van der Waals surface area contributed by atoms with Gasteiger partial charge in [-0.15, -0.1) is 12.4 Å². The first-order valence-corrected chi connectivity index (χ1v) is 11.3. The quantitative estimate of drug-likeness (QED) is 0.287. The molecule has 1 heterocycles. The highest BCUT2D eigenvalue weighted by Crippen LogP contribution is 2.33. The van der Waals surface area contributed by atoms with Crippen LogP contribution in [0.3, 0.4) is 0 Å². The second-order valence-corrected chi connectivity index (χ2v) is 8.75. The van der Waals surface area contributed by atoms with Gasteiger partial charge in [-0.3, -0.25) is 19.8 Å². The predicted molar refractivity (Wildman–Crippen MR) is 134 cm³/mol. The van der Waals surface area contributed by atoms with Gasteiger partial charge in [0.05, 0.1) is 15.1 Å². The number of nitrogens with zero attached hydrogens (tertiary/aromatic N) is 4. The molecule has 0 saturated heterocycles. The number of thiazole rings is 1. The molecule has 2 aromatic carbocycles. The van der Waals surface area contributed by atoms with Crippen molar-refractivity contribution < 1.29 is 9.72 Å². The van der Waals surface area contributed by atoms with Gasteiger partial charge in [-0.25, -0.2) is 4.98 Å². The number of fused-ring (bicyclic) bond motifs is 1. The SMILES string of the molecule is CCN(CC)CCN(C(=O)c1cc(Cl)ccc1[N+](=O)[O-])c1nc2cc(C)c(C)cc2s1.Cl. The summed E-state index contributed by atoms with van der Waals surface area (Å²) in [6, 6.07) is 8.09. The zero-order valence-corrected chi connectivity index (χ0v) is 20.8. The third-order valence-corrected chi connectivity index (χ3v) is 6.66. The van der Waals surface area contributed by atoms with E-state index in [1.807, 2.05) is 19.9 Å². The van der Waals surface area contributed by atoms with Crippen LogP contribution in [0.5, 0.6) is 0 Å². The topological polar surface area (TPSA) is 79.6 Å². The van der Waals surface area contributed by atoms with E-state index >= 15 is 0 Å². The smallest absolute Gasteiger partial charge is 0.282 e. The first kappa shape index (κ1) is 26.0. The third-order valence-electron chi connectivity index (χ3n) is 5.39. The third kappa shape index (κ3) is 5.56. The van der Waals surface area contributed by atoms with E-state index in [1.54, 1.807) is 0 Å². The van der Waals surface area contributed by atoms with Gasteiger partial charge < -0.3 is 4.90 Å². The average Bonchev–Trinajstić information content (AvgIpc) is 3.13. The summed E-state index contributed by atoms with van der Waals surface area (Å²) < 4.78 is 0.972. The van der Waals surface area contributed by atoms with Gasteiger partial charge in [-0.2, -0.15) is 0 Å². The second-order valence-electron chi connectivity index (χ2n) is 7.30. The molecule has 32 heavy (non-hydrogen) atoms. The lowest BCUT2D eigenvalue weighted by Crippen LogP contribution is -2.39. The summed E-state index contributed by atoms with van der Waals surface area (Å²) in [6.07, 6.45) is 0. The number of aromatic nitrogens is 1. The lowest BCUT2D eigenvalue weighted by Gasteiger charge is -2.24. The summed E-state index contributed by atoms with van der Waals surface area (Å²) in [7, 11) is 0. The minimum absolute atomic E-state index is 0. The van der Waals surface area contributed by atoms with Crippen LogP contribution in [0.25, 0.3) is 10.2 Å².